The summed E-state index contributed by atoms with van der Waals surface area (Å²) >= 11 is 0. The molecule has 1 aromatic rings. The fraction of sp³-hybridized carbons (Fsp3) is 0.250. The third kappa shape index (κ3) is 1.80. The van der Waals surface area contributed by atoms with Crippen molar-refractivity contribution >= 4 is 11.3 Å². The molecule has 2 rings (SSSR count). The molecule has 0 spiro atoms. The van der Waals surface area contributed by atoms with Crippen molar-refractivity contribution in [3.63, 3.8) is 0 Å². The fourth-order valence-corrected chi connectivity index (χ4v) is 2.03. The third-order valence-electron chi connectivity index (χ3n) is 2.78. The topological polar surface area (TPSA) is 66.9 Å². The zero-order valence-electron chi connectivity index (χ0n) is 8.64. The molecule has 0 aliphatic heterocycles. The summed E-state index contributed by atoms with van der Waals surface area (Å²) in [5, 5.41) is 19.3. The first kappa shape index (κ1) is 10.4. The van der Waals surface area contributed by atoms with Gasteiger partial charge in [0.05, 0.1) is 11.0 Å². The van der Waals surface area contributed by atoms with E-state index in [0.717, 1.165) is 36.0 Å². The van der Waals surface area contributed by atoms with E-state index in [0.29, 0.717) is 0 Å². The highest BCUT2D eigenvalue weighted by atomic mass is 16.6. The predicted octanol–water partition coefficient (Wildman–Crippen LogP) is 2.84. The third-order valence-corrected chi connectivity index (χ3v) is 2.78. The van der Waals surface area contributed by atoms with E-state index in [1.165, 1.54) is 12.1 Å². The van der Waals surface area contributed by atoms with Crippen LogP contribution in [0.2, 0.25) is 0 Å². The Morgan fingerprint density at radius 3 is 2.94 bits per heavy atom. The number of hydrogen-bond donors (Lipinski definition) is 0. The van der Waals surface area contributed by atoms with Gasteiger partial charge in [0, 0.05) is 18.2 Å². The molecule has 0 N–H and O–H groups in total. The second-order valence-electron chi connectivity index (χ2n) is 3.75. The van der Waals surface area contributed by atoms with Gasteiger partial charge >= 0.3 is 0 Å². The van der Waals surface area contributed by atoms with E-state index in [1.54, 1.807) is 12.1 Å². The molecule has 4 nitrogen and oxygen atoms in total. The summed E-state index contributed by atoms with van der Waals surface area (Å²) in [4.78, 5) is 10.3. The molecule has 0 amide bonds. The highest BCUT2D eigenvalue weighted by Crippen LogP contribution is 2.32. The van der Waals surface area contributed by atoms with Crippen molar-refractivity contribution in [2.24, 2.45) is 0 Å². The Labute approximate surface area is 93.0 Å². The van der Waals surface area contributed by atoms with Crippen LogP contribution in [0.1, 0.15) is 24.0 Å². The lowest BCUT2D eigenvalue weighted by Gasteiger charge is -2.17. The standard InChI is InChI=1S/C12H10N2O2/c13-7-6-10-3-1-2-9-4-5-11(14(15)16)8-12(9)10/h4-6,8H,1-3H2. The molecule has 1 aliphatic rings. The minimum atomic E-state index is -0.404. The van der Waals surface area contributed by atoms with Gasteiger partial charge in [-0.3, -0.25) is 10.1 Å². The molecule has 0 saturated heterocycles. The van der Waals surface area contributed by atoms with Gasteiger partial charge in [0.1, 0.15) is 0 Å². The van der Waals surface area contributed by atoms with E-state index in [-0.39, 0.29) is 5.69 Å². The summed E-state index contributed by atoms with van der Waals surface area (Å²) in [5.41, 5.74) is 2.96. The van der Waals surface area contributed by atoms with E-state index in [9.17, 15) is 10.1 Å². The molecule has 0 heterocycles. The average molecular weight is 214 g/mol. The maximum atomic E-state index is 10.7. The van der Waals surface area contributed by atoms with Crippen molar-refractivity contribution in [2.45, 2.75) is 19.3 Å². The summed E-state index contributed by atoms with van der Waals surface area (Å²) in [7, 11) is 0. The number of nitrogens with zero attached hydrogens (tertiary/aromatic N) is 2. The quantitative estimate of drug-likeness (QED) is 0.410. The number of non-ortho nitro benzene ring substituents is 1. The zero-order chi connectivity index (χ0) is 11.5. The number of fused-ring (bicyclic) bond motifs is 1. The molecular formula is C12H10N2O2. The summed E-state index contributed by atoms with van der Waals surface area (Å²) in [6, 6.07) is 6.87. The second kappa shape index (κ2) is 4.15. The van der Waals surface area contributed by atoms with Crippen molar-refractivity contribution in [2.75, 3.05) is 0 Å². The van der Waals surface area contributed by atoms with Gasteiger partial charge in [0.2, 0.25) is 0 Å². The molecule has 16 heavy (non-hydrogen) atoms. The van der Waals surface area contributed by atoms with Crippen molar-refractivity contribution < 1.29 is 4.92 Å². The molecule has 80 valence electrons. The van der Waals surface area contributed by atoms with Crippen molar-refractivity contribution in [1.82, 2.24) is 0 Å². The number of benzene rings is 1. The van der Waals surface area contributed by atoms with E-state index >= 15 is 0 Å². The fourth-order valence-electron chi connectivity index (χ4n) is 2.03. The largest absolute Gasteiger partial charge is 0.270 e. The molecular weight excluding hydrogens is 204 g/mol. The number of allylic oxidation sites excluding steroid dienone is 2. The molecule has 0 radical (unpaired) electrons. The van der Waals surface area contributed by atoms with Crippen LogP contribution < -0.4 is 0 Å². The van der Waals surface area contributed by atoms with Crippen LogP contribution in [0.25, 0.3) is 5.57 Å². The smallest absolute Gasteiger partial charge is 0.258 e. The Morgan fingerprint density at radius 1 is 1.44 bits per heavy atom. The maximum Gasteiger partial charge on any atom is 0.270 e. The van der Waals surface area contributed by atoms with Crippen LogP contribution >= 0.6 is 0 Å². The molecule has 4 heteroatoms. The van der Waals surface area contributed by atoms with Crippen LogP contribution in [0.5, 0.6) is 0 Å². The van der Waals surface area contributed by atoms with Crippen molar-refractivity contribution in [3.05, 3.63) is 45.5 Å². The van der Waals surface area contributed by atoms with Crippen LogP contribution in [0, 0.1) is 21.4 Å². The Balaban J connectivity index is 2.54. The zero-order valence-corrected chi connectivity index (χ0v) is 8.64. The minimum Gasteiger partial charge on any atom is -0.258 e. The lowest BCUT2D eigenvalue weighted by atomic mass is 9.87. The molecule has 0 unspecified atom stereocenters. The number of rotatable bonds is 1. The van der Waals surface area contributed by atoms with E-state index in [4.69, 9.17) is 5.26 Å². The Kier molecular flexibility index (Phi) is 2.69. The lowest BCUT2D eigenvalue weighted by molar-refractivity contribution is -0.384. The number of nitro groups is 1. The first-order valence-corrected chi connectivity index (χ1v) is 5.08. The van der Waals surface area contributed by atoms with Crippen LogP contribution in [-0.2, 0) is 6.42 Å². The van der Waals surface area contributed by atoms with Gasteiger partial charge in [0.15, 0.2) is 0 Å². The molecule has 1 aliphatic carbocycles. The highest BCUT2D eigenvalue weighted by Gasteiger charge is 2.17. The van der Waals surface area contributed by atoms with E-state index < -0.39 is 4.92 Å². The van der Waals surface area contributed by atoms with Crippen molar-refractivity contribution in [3.8, 4) is 6.07 Å². The maximum absolute atomic E-state index is 10.7. The number of hydrogen-bond acceptors (Lipinski definition) is 3. The summed E-state index contributed by atoms with van der Waals surface area (Å²) in [5.74, 6) is 0. The second-order valence-corrected chi connectivity index (χ2v) is 3.75. The van der Waals surface area contributed by atoms with Gasteiger partial charge in [-0.1, -0.05) is 6.07 Å². The van der Waals surface area contributed by atoms with Crippen molar-refractivity contribution in [1.29, 1.82) is 5.26 Å². The van der Waals surface area contributed by atoms with E-state index in [2.05, 4.69) is 0 Å². The van der Waals surface area contributed by atoms with Crippen LogP contribution in [0.4, 0.5) is 5.69 Å². The number of nitro benzene ring substituents is 1. The van der Waals surface area contributed by atoms with Crippen LogP contribution in [0.15, 0.2) is 24.3 Å². The Hall–Kier alpha value is -2.15. The molecule has 1 aromatic carbocycles. The summed E-state index contributed by atoms with van der Waals surface area (Å²) in [6.07, 6.45) is 4.23. The Bertz CT molecular complexity index is 512. The molecule has 0 atom stereocenters. The molecule has 0 fully saturated rings. The minimum absolute atomic E-state index is 0.0875. The first-order chi connectivity index (χ1) is 7.72. The van der Waals surface area contributed by atoms with Gasteiger partial charge < -0.3 is 0 Å². The lowest BCUT2D eigenvalue weighted by Crippen LogP contribution is -2.02. The number of nitriles is 1. The number of aryl methyl sites for hydroxylation is 1. The van der Waals surface area contributed by atoms with Crippen LogP contribution in [-0.4, -0.2) is 4.92 Å². The predicted molar refractivity (Wildman–Crippen MR) is 59.6 cm³/mol. The van der Waals surface area contributed by atoms with Gasteiger partial charge in [0.25, 0.3) is 5.69 Å². The monoisotopic (exact) mass is 214 g/mol. The summed E-state index contributed by atoms with van der Waals surface area (Å²) < 4.78 is 0. The van der Waals surface area contributed by atoms with Crippen LogP contribution in [0.3, 0.4) is 0 Å². The Morgan fingerprint density at radius 2 is 2.25 bits per heavy atom. The summed E-state index contributed by atoms with van der Waals surface area (Å²) in [6.45, 7) is 0. The molecule has 0 saturated carbocycles. The van der Waals surface area contributed by atoms with Gasteiger partial charge in [-0.25, -0.2) is 0 Å². The SMILES string of the molecule is N#CC=C1CCCc2ccc([N+](=O)[O-])cc21. The normalized spacial score (nSPS) is 16.6. The average Bonchev–Trinajstić information content (AvgIpc) is 2.29. The molecule has 0 bridgehead atoms. The first-order valence-electron chi connectivity index (χ1n) is 5.08. The van der Waals surface area contributed by atoms with Gasteiger partial charge in [-0.15, -0.1) is 0 Å². The van der Waals surface area contributed by atoms with Gasteiger partial charge in [-0.05, 0) is 36.0 Å². The van der Waals surface area contributed by atoms with E-state index in [1.807, 2.05) is 6.07 Å². The highest BCUT2D eigenvalue weighted by molar-refractivity contribution is 5.73. The van der Waals surface area contributed by atoms with Gasteiger partial charge in [-0.2, -0.15) is 5.26 Å². The molecule has 0 aromatic heterocycles.